The van der Waals surface area contributed by atoms with E-state index in [1.165, 1.54) is 0 Å². The first kappa shape index (κ1) is 13.4. The number of anilines is 1. The van der Waals surface area contributed by atoms with Crippen LogP contribution in [0.15, 0.2) is 16.6 Å². The largest absolute Gasteiger partial charge is 0.444 e. The van der Waals surface area contributed by atoms with Crippen molar-refractivity contribution in [2.45, 2.75) is 11.7 Å². The van der Waals surface area contributed by atoms with Gasteiger partial charge in [-0.25, -0.2) is 8.78 Å². The van der Waals surface area contributed by atoms with E-state index < -0.39 is 29.0 Å². The Kier molecular flexibility index (Phi) is 3.90. The molecule has 2 N–H and O–H groups in total. The van der Waals surface area contributed by atoms with E-state index in [4.69, 9.17) is 5.73 Å². The van der Waals surface area contributed by atoms with Crippen molar-refractivity contribution >= 4 is 33.2 Å². The zero-order valence-corrected chi connectivity index (χ0v) is 9.83. The van der Waals surface area contributed by atoms with Gasteiger partial charge in [-0.05, 0) is 22.0 Å². The van der Waals surface area contributed by atoms with Gasteiger partial charge in [0.25, 0.3) is 5.63 Å². The van der Waals surface area contributed by atoms with Crippen molar-refractivity contribution in [3.05, 3.63) is 22.4 Å². The van der Waals surface area contributed by atoms with E-state index in [9.17, 15) is 17.6 Å². The zero-order chi connectivity index (χ0) is 12.5. The average Bonchev–Trinajstić information content (AvgIpc) is 2.13. The van der Waals surface area contributed by atoms with Crippen LogP contribution in [-0.2, 0) is 0 Å². The van der Waals surface area contributed by atoms with Crippen LogP contribution >= 0.6 is 27.5 Å². The van der Waals surface area contributed by atoms with Gasteiger partial charge < -0.3 is 10.5 Å². The van der Waals surface area contributed by atoms with Gasteiger partial charge in [0.1, 0.15) is 11.6 Å². The average molecular weight is 322 g/mol. The summed E-state index contributed by atoms with van der Waals surface area (Å²) in [5.74, 6) is -1.32. The molecule has 0 bridgehead atoms. The quantitative estimate of drug-likeness (QED) is 0.523. The number of hydrogen-bond donors (Lipinski definition) is 1. The first-order valence-corrected chi connectivity index (χ1v) is 5.06. The third-order valence-electron chi connectivity index (χ3n) is 1.55. The van der Waals surface area contributed by atoms with Gasteiger partial charge in [-0.1, -0.05) is 11.6 Å². The lowest BCUT2D eigenvalue weighted by molar-refractivity contribution is -0.199. The Morgan fingerprint density at radius 2 is 2.00 bits per heavy atom. The number of rotatable bonds is 3. The zero-order valence-electron chi connectivity index (χ0n) is 7.49. The highest BCUT2D eigenvalue weighted by molar-refractivity contribution is 9.10. The molecule has 0 aliphatic rings. The van der Waals surface area contributed by atoms with Crippen LogP contribution in [0.5, 0.6) is 5.75 Å². The third kappa shape index (κ3) is 2.91. The van der Waals surface area contributed by atoms with E-state index in [2.05, 4.69) is 32.3 Å². The lowest BCUT2D eigenvalue weighted by Crippen LogP contribution is -2.32. The number of halogens is 6. The van der Waals surface area contributed by atoms with Crippen LogP contribution in [0.3, 0.4) is 0 Å². The standard InChI is InChI=1S/C8H5BrClF4NO/c9-3-1-4(11)5(15)2-6(3)16-8(13,14)7(10)12/h1-2,7H,15H2. The fraction of sp³-hybridized carbons (Fsp3) is 0.250. The minimum atomic E-state index is -4.23. The summed E-state index contributed by atoms with van der Waals surface area (Å²) in [6, 6.07) is 1.62. The summed E-state index contributed by atoms with van der Waals surface area (Å²) in [5.41, 5.74) is 1.71. The van der Waals surface area contributed by atoms with E-state index in [1.807, 2.05) is 0 Å². The molecular weight excluding hydrogens is 317 g/mol. The van der Waals surface area contributed by atoms with Crippen molar-refractivity contribution in [3.63, 3.8) is 0 Å². The van der Waals surface area contributed by atoms with Gasteiger partial charge in [-0.3, -0.25) is 0 Å². The molecule has 0 radical (unpaired) electrons. The molecule has 0 aliphatic carbocycles. The second-order valence-electron chi connectivity index (χ2n) is 2.77. The molecule has 0 fully saturated rings. The Hall–Kier alpha value is -0.690. The van der Waals surface area contributed by atoms with Crippen molar-refractivity contribution < 1.29 is 22.3 Å². The summed E-state index contributed by atoms with van der Waals surface area (Å²) >= 11 is 7.34. The molecule has 1 unspecified atom stereocenters. The van der Waals surface area contributed by atoms with Crippen molar-refractivity contribution in [2.75, 3.05) is 5.73 Å². The summed E-state index contributed by atoms with van der Waals surface area (Å²) < 4.78 is 54.5. The summed E-state index contributed by atoms with van der Waals surface area (Å²) in [6.07, 6.45) is -4.23. The Bertz CT molecular complexity index is 402. The second kappa shape index (κ2) is 4.67. The van der Waals surface area contributed by atoms with E-state index >= 15 is 0 Å². The first-order chi connectivity index (χ1) is 7.24. The van der Waals surface area contributed by atoms with Crippen LogP contribution < -0.4 is 10.5 Å². The molecule has 8 heteroatoms. The van der Waals surface area contributed by atoms with E-state index in [0.717, 1.165) is 12.1 Å². The highest BCUT2D eigenvalue weighted by atomic mass is 79.9. The fourth-order valence-electron chi connectivity index (χ4n) is 0.814. The van der Waals surface area contributed by atoms with E-state index in [-0.39, 0.29) is 4.47 Å². The summed E-state index contributed by atoms with van der Waals surface area (Å²) in [7, 11) is 0. The molecule has 0 saturated carbocycles. The molecule has 2 nitrogen and oxygen atoms in total. The number of alkyl halides is 4. The van der Waals surface area contributed by atoms with Crippen molar-refractivity contribution in [1.29, 1.82) is 0 Å². The number of ether oxygens (including phenoxy) is 1. The minimum absolute atomic E-state index is 0.129. The molecule has 0 aromatic heterocycles. The SMILES string of the molecule is Nc1cc(OC(F)(F)C(F)Cl)c(Br)cc1F. The minimum Gasteiger partial charge on any atom is -0.428 e. The van der Waals surface area contributed by atoms with E-state index in [1.54, 1.807) is 0 Å². The van der Waals surface area contributed by atoms with Gasteiger partial charge >= 0.3 is 6.11 Å². The van der Waals surface area contributed by atoms with E-state index in [0.29, 0.717) is 0 Å². The molecule has 0 spiro atoms. The maximum absolute atomic E-state index is 12.9. The second-order valence-corrected chi connectivity index (χ2v) is 4.01. The Morgan fingerprint density at radius 3 is 2.50 bits per heavy atom. The number of nitrogens with two attached hydrogens (primary N) is 1. The van der Waals surface area contributed by atoms with Crippen LogP contribution in [0.2, 0.25) is 0 Å². The van der Waals surface area contributed by atoms with Crippen LogP contribution in [0.4, 0.5) is 23.2 Å². The van der Waals surface area contributed by atoms with Crippen LogP contribution in [0, 0.1) is 5.82 Å². The van der Waals surface area contributed by atoms with Crippen LogP contribution in [0.1, 0.15) is 0 Å². The summed E-state index contributed by atoms with van der Waals surface area (Å²) in [4.78, 5) is 0. The molecule has 0 heterocycles. The lowest BCUT2D eigenvalue weighted by atomic mass is 10.3. The molecule has 1 aromatic rings. The number of hydrogen-bond acceptors (Lipinski definition) is 2. The predicted octanol–water partition coefficient (Wildman–Crippen LogP) is 3.68. The number of benzene rings is 1. The van der Waals surface area contributed by atoms with Gasteiger partial charge in [0, 0.05) is 6.07 Å². The summed E-state index contributed by atoms with van der Waals surface area (Å²) in [6.45, 7) is 0. The highest BCUT2D eigenvalue weighted by Crippen LogP contribution is 2.35. The normalized spacial score (nSPS) is 13.6. The smallest absolute Gasteiger partial charge is 0.428 e. The first-order valence-electron chi connectivity index (χ1n) is 3.83. The Labute approximate surface area is 101 Å². The van der Waals surface area contributed by atoms with Gasteiger partial charge in [-0.2, -0.15) is 8.78 Å². The molecule has 90 valence electrons. The van der Waals surface area contributed by atoms with Gasteiger partial charge in [0.2, 0.25) is 0 Å². The fourth-order valence-corrected chi connectivity index (χ4v) is 1.26. The lowest BCUT2D eigenvalue weighted by Gasteiger charge is -2.18. The topological polar surface area (TPSA) is 35.2 Å². The van der Waals surface area contributed by atoms with Crippen LogP contribution in [0.25, 0.3) is 0 Å². The molecule has 0 aliphatic heterocycles. The molecule has 0 amide bonds. The van der Waals surface area contributed by atoms with Crippen molar-refractivity contribution in [1.82, 2.24) is 0 Å². The molecular formula is C8H5BrClF4NO. The molecule has 1 rings (SSSR count). The maximum Gasteiger partial charge on any atom is 0.444 e. The molecule has 0 saturated heterocycles. The summed E-state index contributed by atoms with van der Waals surface area (Å²) in [5, 5.41) is 0. The Morgan fingerprint density at radius 1 is 1.44 bits per heavy atom. The number of nitrogen functional groups attached to an aromatic ring is 1. The third-order valence-corrected chi connectivity index (χ3v) is 2.43. The highest BCUT2D eigenvalue weighted by Gasteiger charge is 2.42. The van der Waals surface area contributed by atoms with Crippen LogP contribution in [-0.4, -0.2) is 11.7 Å². The molecule has 16 heavy (non-hydrogen) atoms. The predicted molar refractivity (Wildman–Crippen MR) is 54.8 cm³/mol. The van der Waals surface area contributed by atoms with Gasteiger partial charge in [0.05, 0.1) is 10.2 Å². The van der Waals surface area contributed by atoms with Crippen molar-refractivity contribution in [3.8, 4) is 5.75 Å². The van der Waals surface area contributed by atoms with Crippen molar-refractivity contribution in [2.24, 2.45) is 0 Å². The van der Waals surface area contributed by atoms with Gasteiger partial charge in [-0.15, -0.1) is 0 Å². The maximum atomic E-state index is 12.9. The monoisotopic (exact) mass is 321 g/mol. The molecule has 1 atom stereocenters. The molecule has 1 aromatic carbocycles. The van der Waals surface area contributed by atoms with Gasteiger partial charge in [0.15, 0.2) is 0 Å². The Balaban J connectivity index is 3.02.